The van der Waals surface area contributed by atoms with Gasteiger partial charge in [-0.25, -0.2) is 0 Å². The highest BCUT2D eigenvalue weighted by Gasteiger charge is 2.25. The normalized spacial score (nSPS) is 24.8. The molecule has 94 valence electrons. The predicted octanol–water partition coefficient (Wildman–Crippen LogP) is 2.16. The van der Waals surface area contributed by atoms with Crippen molar-refractivity contribution >= 4 is 17.5 Å². The summed E-state index contributed by atoms with van der Waals surface area (Å²) >= 11 is 5.86. The fourth-order valence-corrected chi connectivity index (χ4v) is 2.39. The van der Waals surface area contributed by atoms with Crippen molar-refractivity contribution in [1.29, 1.82) is 0 Å². The lowest BCUT2D eigenvalue weighted by Gasteiger charge is -2.36. The smallest absolute Gasteiger partial charge is 0.322 e. The zero-order chi connectivity index (χ0) is 12.4. The number of hydrogen-bond donors (Lipinski definition) is 0. The molecule has 2 rings (SSSR count). The highest BCUT2D eigenvalue weighted by molar-refractivity contribution is 6.28. The van der Waals surface area contributed by atoms with Gasteiger partial charge >= 0.3 is 6.01 Å². The maximum absolute atomic E-state index is 5.86. The molecule has 0 N–H and O–H groups in total. The Morgan fingerprint density at radius 1 is 1.29 bits per heavy atom. The minimum Gasteiger partial charge on any atom is -0.467 e. The Bertz CT molecular complexity index is 401. The zero-order valence-electron chi connectivity index (χ0n) is 10.4. The standard InChI is InChI=1S/C11H17ClN4O/c1-7-4-5-16(8(2)6-7)10-13-9(12)14-11(15-10)17-3/h7-8H,4-6H2,1-3H3. The van der Waals surface area contributed by atoms with Crippen LogP contribution >= 0.6 is 11.6 Å². The first-order valence-electron chi connectivity index (χ1n) is 5.82. The third-order valence-electron chi connectivity index (χ3n) is 3.15. The van der Waals surface area contributed by atoms with Crippen molar-refractivity contribution in [3.8, 4) is 6.01 Å². The molecule has 5 nitrogen and oxygen atoms in total. The molecular formula is C11H17ClN4O. The van der Waals surface area contributed by atoms with Crippen molar-refractivity contribution in [2.45, 2.75) is 32.7 Å². The molecule has 2 unspecified atom stereocenters. The summed E-state index contributed by atoms with van der Waals surface area (Å²) in [6, 6.07) is 0.688. The van der Waals surface area contributed by atoms with Crippen molar-refractivity contribution in [3.63, 3.8) is 0 Å². The molecule has 0 saturated carbocycles. The molecule has 17 heavy (non-hydrogen) atoms. The lowest BCUT2D eigenvalue weighted by molar-refractivity contribution is 0.361. The van der Waals surface area contributed by atoms with Crippen LogP contribution in [-0.4, -0.2) is 34.6 Å². The van der Waals surface area contributed by atoms with Crippen LogP contribution in [0.25, 0.3) is 0 Å². The van der Waals surface area contributed by atoms with E-state index in [1.807, 2.05) is 0 Å². The maximum atomic E-state index is 5.86. The molecule has 1 aromatic rings. The van der Waals surface area contributed by atoms with Crippen molar-refractivity contribution in [3.05, 3.63) is 5.28 Å². The topological polar surface area (TPSA) is 51.1 Å². The third-order valence-corrected chi connectivity index (χ3v) is 3.32. The average Bonchev–Trinajstić information content (AvgIpc) is 2.28. The molecule has 0 aliphatic carbocycles. The Balaban J connectivity index is 2.24. The summed E-state index contributed by atoms with van der Waals surface area (Å²) in [5.41, 5.74) is 0. The first-order valence-corrected chi connectivity index (χ1v) is 6.20. The van der Waals surface area contributed by atoms with Crippen molar-refractivity contribution in [2.24, 2.45) is 5.92 Å². The minimum absolute atomic E-state index is 0.178. The molecule has 2 atom stereocenters. The number of methoxy groups -OCH3 is 1. The molecule has 1 aliphatic rings. The van der Waals surface area contributed by atoms with E-state index in [9.17, 15) is 0 Å². The summed E-state index contributed by atoms with van der Waals surface area (Å²) in [4.78, 5) is 14.5. The Kier molecular flexibility index (Phi) is 3.66. The van der Waals surface area contributed by atoms with Crippen LogP contribution in [0.5, 0.6) is 6.01 Å². The number of halogens is 1. The highest BCUT2D eigenvalue weighted by Crippen LogP contribution is 2.26. The molecule has 2 heterocycles. The molecule has 0 spiro atoms. The van der Waals surface area contributed by atoms with E-state index in [1.54, 1.807) is 0 Å². The highest BCUT2D eigenvalue weighted by atomic mass is 35.5. The van der Waals surface area contributed by atoms with Crippen LogP contribution in [0.2, 0.25) is 5.28 Å². The number of hydrogen-bond acceptors (Lipinski definition) is 5. The quantitative estimate of drug-likeness (QED) is 0.812. The van der Waals surface area contributed by atoms with Crippen LogP contribution in [0, 0.1) is 5.92 Å². The van der Waals surface area contributed by atoms with Gasteiger partial charge in [-0.1, -0.05) is 6.92 Å². The van der Waals surface area contributed by atoms with E-state index < -0.39 is 0 Å². The van der Waals surface area contributed by atoms with Gasteiger partial charge in [-0.2, -0.15) is 15.0 Å². The largest absolute Gasteiger partial charge is 0.467 e. The van der Waals surface area contributed by atoms with Gasteiger partial charge in [-0.05, 0) is 37.3 Å². The summed E-state index contributed by atoms with van der Waals surface area (Å²) in [6.45, 7) is 5.40. The van der Waals surface area contributed by atoms with Crippen LogP contribution in [0.15, 0.2) is 0 Å². The first-order chi connectivity index (χ1) is 8.10. The number of anilines is 1. The third kappa shape index (κ3) is 2.77. The van der Waals surface area contributed by atoms with Gasteiger partial charge < -0.3 is 9.64 Å². The van der Waals surface area contributed by atoms with E-state index in [2.05, 4.69) is 33.7 Å². The second kappa shape index (κ2) is 5.04. The summed E-state index contributed by atoms with van der Waals surface area (Å²) < 4.78 is 5.01. The Morgan fingerprint density at radius 3 is 2.71 bits per heavy atom. The zero-order valence-corrected chi connectivity index (χ0v) is 11.1. The van der Waals surface area contributed by atoms with Crippen molar-refractivity contribution in [2.75, 3.05) is 18.6 Å². The molecular weight excluding hydrogens is 240 g/mol. The molecule has 6 heteroatoms. The lowest BCUT2D eigenvalue weighted by atomic mass is 9.94. The molecule has 0 radical (unpaired) electrons. The monoisotopic (exact) mass is 256 g/mol. The summed E-state index contributed by atoms with van der Waals surface area (Å²) in [5.74, 6) is 1.36. The summed E-state index contributed by atoms with van der Waals surface area (Å²) in [7, 11) is 1.52. The number of nitrogens with zero attached hydrogens (tertiary/aromatic N) is 4. The summed E-state index contributed by atoms with van der Waals surface area (Å²) in [6.07, 6.45) is 2.29. The molecule has 1 aliphatic heterocycles. The molecule has 1 aromatic heterocycles. The lowest BCUT2D eigenvalue weighted by Crippen LogP contribution is -2.41. The van der Waals surface area contributed by atoms with Crippen LogP contribution in [0.3, 0.4) is 0 Å². The van der Waals surface area contributed by atoms with Gasteiger partial charge in [0.25, 0.3) is 0 Å². The Hall–Kier alpha value is -1.10. The van der Waals surface area contributed by atoms with Gasteiger partial charge in [-0.3, -0.25) is 0 Å². The van der Waals surface area contributed by atoms with E-state index >= 15 is 0 Å². The molecule has 1 fully saturated rings. The van der Waals surface area contributed by atoms with Gasteiger partial charge in [0.2, 0.25) is 11.2 Å². The molecule has 0 bridgehead atoms. The SMILES string of the molecule is COc1nc(Cl)nc(N2CCC(C)CC2C)n1. The van der Waals surface area contributed by atoms with Crippen molar-refractivity contribution in [1.82, 2.24) is 15.0 Å². The molecule has 0 amide bonds. The number of piperidine rings is 1. The van der Waals surface area contributed by atoms with Gasteiger partial charge in [0.05, 0.1) is 7.11 Å². The average molecular weight is 257 g/mol. The van der Waals surface area contributed by atoms with E-state index in [4.69, 9.17) is 16.3 Å². The first kappa shape index (κ1) is 12.4. The van der Waals surface area contributed by atoms with Crippen molar-refractivity contribution < 1.29 is 4.74 Å². The fraction of sp³-hybridized carbons (Fsp3) is 0.727. The molecule has 1 saturated heterocycles. The van der Waals surface area contributed by atoms with Gasteiger partial charge in [0, 0.05) is 12.6 Å². The van der Waals surface area contributed by atoms with Crippen LogP contribution in [-0.2, 0) is 0 Å². The number of rotatable bonds is 2. The van der Waals surface area contributed by atoms with Crippen LogP contribution in [0.4, 0.5) is 5.95 Å². The van der Waals surface area contributed by atoms with Gasteiger partial charge in [0.15, 0.2) is 0 Å². The Morgan fingerprint density at radius 2 is 2.06 bits per heavy atom. The fourth-order valence-electron chi connectivity index (χ4n) is 2.25. The van der Waals surface area contributed by atoms with E-state index in [1.165, 1.54) is 7.11 Å². The van der Waals surface area contributed by atoms with E-state index in [0.29, 0.717) is 12.0 Å². The number of ether oxygens (including phenoxy) is 1. The number of aromatic nitrogens is 3. The summed E-state index contributed by atoms with van der Waals surface area (Å²) in [5, 5.41) is 0.178. The minimum atomic E-state index is 0.178. The van der Waals surface area contributed by atoms with E-state index in [0.717, 1.165) is 25.3 Å². The van der Waals surface area contributed by atoms with Crippen LogP contribution in [0.1, 0.15) is 26.7 Å². The van der Waals surface area contributed by atoms with E-state index in [-0.39, 0.29) is 11.3 Å². The Labute approximate surface area is 106 Å². The predicted molar refractivity (Wildman–Crippen MR) is 66.6 cm³/mol. The maximum Gasteiger partial charge on any atom is 0.322 e. The molecule has 0 aromatic carbocycles. The van der Waals surface area contributed by atoms with Gasteiger partial charge in [-0.15, -0.1) is 0 Å². The van der Waals surface area contributed by atoms with Gasteiger partial charge in [0.1, 0.15) is 0 Å². The second-order valence-electron chi connectivity index (χ2n) is 4.56. The van der Waals surface area contributed by atoms with Crippen LogP contribution < -0.4 is 9.64 Å². The second-order valence-corrected chi connectivity index (χ2v) is 4.90.